The van der Waals surface area contributed by atoms with E-state index in [9.17, 15) is 4.79 Å². The zero-order valence-electron chi connectivity index (χ0n) is 14.3. The zero-order valence-corrected chi connectivity index (χ0v) is 14.3. The van der Waals surface area contributed by atoms with E-state index >= 15 is 0 Å². The van der Waals surface area contributed by atoms with Crippen molar-refractivity contribution < 1.29 is 4.79 Å². The quantitative estimate of drug-likeness (QED) is 0.771. The van der Waals surface area contributed by atoms with Gasteiger partial charge in [-0.3, -0.25) is 9.89 Å². The van der Waals surface area contributed by atoms with Gasteiger partial charge in [-0.05, 0) is 41.7 Å². The lowest BCUT2D eigenvalue weighted by Gasteiger charge is -2.17. The Kier molecular flexibility index (Phi) is 3.41. The second-order valence-corrected chi connectivity index (χ2v) is 6.91. The van der Waals surface area contributed by atoms with E-state index in [2.05, 4.69) is 36.2 Å². The van der Waals surface area contributed by atoms with E-state index in [1.54, 1.807) is 0 Å². The molecule has 0 saturated carbocycles. The third-order valence-corrected chi connectivity index (χ3v) is 4.87. The van der Waals surface area contributed by atoms with Crippen LogP contribution in [0.3, 0.4) is 0 Å². The Labute approximate surface area is 141 Å². The number of hydrogen-bond donors (Lipinski definition) is 1. The number of aryl methyl sites for hydroxylation is 1. The van der Waals surface area contributed by atoms with Crippen LogP contribution in [-0.2, 0) is 13.1 Å². The van der Waals surface area contributed by atoms with Gasteiger partial charge in [-0.15, -0.1) is 0 Å². The Morgan fingerprint density at radius 3 is 2.46 bits per heavy atom. The fourth-order valence-corrected chi connectivity index (χ4v) is 3.50. The summed E-state index contributed by atoms with van der Waals surface area (Å²) in [6.07, 6.45) is 0. The molecule has 1 aliphatic heterocycles. The highest BCUT2D eigenvalue weighted by atomic mass is 16.2. The minimum Gasteiger partial charge on any atom is -0.330 e. The molecule has 122 valence electrons. The SMILES string of the molecule is Cc1cc2n[nH]c(C(C)C)c2cc1C(=O)N1Cc2ccccc2C1. The summed E-state index contributed by atoms with van der Waals surface area (Å²) < 4.78 is 0. The van der Waals surface area contributed by atoms with Gasteiger partial charge in [0.2, 0.25) is 0 Å². The van der Waals surface area contributed by atoms with Crippen LogP contribution in [0.25, 0.3) is 10.9 Å². The molecule has 1 amide bonds. The largest absolute Gasteiger partial charge is 0.330 e. The first-order chi connectivity index (χ1) is 11.5. The van der Waals surface area contributed by atoms with Crippen molar-refractivity contribution in [2.24, 2.45) is 0 Å². The maximum Gasteiger partial charge on any atom is 0.254 e. The Morgan fingerprint density at radius 1 is 1.17 bits per heavy atom. The van der Waals surface area contributed by atoms with Crippen LogP contribution in [0.2, 0.25) is 0 Å². The van der Waals surface area contributed by atoms with Crippen molar-refractivity contribution in [2.45, 2.75) is 39.8 Å². The van der Waals surface area contributed by atoms with Gasteiger partial charge < -0.3 is 4.90 Å². The van der Waals surface area contributed by atoms with Gasteiger partial charge in [0.1, 0.15) is 0 Å². The number of H-pyrrole nitrogens is 1. The predicted octanol–water partition coefficient (Wildman–Crippen LogP) is 4.15. The number of nitrogens with one attached hydrogen (secondary N) is 1. The molecule has 2 heterocycles. The number of aromatic amines is 1. The van der Waals surface area contributed by atoms with Gasteiger partial charge in [-0.1, -0.05) is 38.1 Å². The molecule has 0 atom stereocenters. The normalized spacial score (nSPS) is 13.8. The number of aromatic nitrogens is 2. The minimum atomic E-state index is 0.0986. The van der Waals surface area contributed by atoms with E-state index in [0.717, 1.165) is 27.7 Å². The van der Waals surface area contributed by atoms with Crippen LogP contribution >= 0.6 is 0 Å². The summed E-state index contributed by atoms with van der Waals surface area (Å²) in [5, 5.41) is 8.55. The number of carbonyl (C=O) groups is 1. The summed E-state index contributed by atoms with van der Waals surface area (Å²) in [6, 6.07) is 12.3. The molecule has 3 aromatic rings. The molecule has 0 unspecified atom stereocenters. The van der Waals surface area contributed by atoms with Crippen LogP contribution in [0.4, 0.5) is 0 Å². The molecule has 1 aromatic heterocycles. The first-order valence-electron chi connectivity index (χ1n) is 8.39. The van der Waals surface area contributed by atoms with Crippen LogP contribution < -0.4 is 0 Å². The average molecular weight is 319 g/mol. The van der Waals surface area contributed by atoms with Crippen molar-refractivity contribution in [3.8, 4) is 0 Å². The average Bonchev–Trinajstić information content (AvgIpc) is 3.16. The van der Waals surface area contributed by atoms with E-state index < -0.39 is 0 Å². The number of benzene rings is 2. The topological polar surface area (TPSA) is 49.0 Å². The summed E-state index contributed by atoms with van der Waals surface area (Å²) in [7, 11) is 0. The van der Waals surface area contributed by atoms with Gasteiger partial charge in [0.15, 0.2) is 0 Å². The first kappa shape index (κ1) is 14.9. The summed E-state index contributed by atoms with van der Waals surface area (Å²) in [6.45, 7) is 7.63. The van der Waals surface area contributed by atoms with E-state index in [0.29, 0.717) is 19.0 Å². The smallest absolute Gasteiger partial charge is 0.254 e. The van der Waals surface area contributed by atoms with Crippen molar-refractivity contribution in [1.82, 2.24) is 15.1 Å². The second kappa shape index (κ2) is 5.48. The molecule has 0 saturated heterocycles. The molecule has 4 rings (SSSR count). The van der Waals surface area contributed by atoms with Gasteiger partial charge in [0.25, 0.3) is 5.91 Å². The second-order valence-electron chi connectivity index (χ2n) is 6.91. The zero-order chi connectivity index (χ0) is 16.8. The lowest BCUT2D eigenvalue weighted by molar-refractivity contribution is 0.0751. The number of amides is 1. The number of nitrogens with zero attached hydrogens (tertiary/aromatic N) is 2. The van der Waals surface area contributed by atoms with Gasteiger partial charge >= 0.3 is 0 Å². The van der Waals surface area contributed by atoms with Crippen molar-refractivity contribution >= 4 is 16.8 Å². The Hall–Kier alpha value is -2.62. The van der Waals surface area contributed by atoms with Crippen LogP contribution in [0.1, 0.15) is 52.5 Å². The van der Waals surface area contributed by atoms with Crippen molar-refractivity contribution in [2.75, 3.05) is 0 Å². The molecule has 0 bridgehead atoms. The number of rotatable bonds is 2. The lowest BCUT2D eigenvalue weighted by Crippen LogP contribution is -2.26. The Balaban J connectivity index is 1.72. The molecular formula is C20H21N3O. The fraction of sp³-hybridized carbons (Fsp3) is 0.300. The Morgan fingerprint density at radius 2 is 1.83 bits per heavy atom. The highest BCUT2D eigenvalue weighted by molar-refractivity contribution is 6.00. The molecule has 0 spiro atoms. The van der Waals surface area contributed by atoms with Crippen LogP contribution in [-0.4, -0.2) is 21.0 Å². The van der Waals surface area contributed by atoms with E-state index in [1.807, 2.05) is 36.1 Å². The summed E-state index contributed by atoms with van der Waals surface area (Å²) in [4.78, 5) is 15.0. The molecule has 1 N–H and O–H groups in total. The van der Waals surface area contributed by atoms with Crippen LogP contribution in [0, 0.1) is 6.92 Å². The highest BCUT2D eigenvalue weighted by Gasteiger charge is 2.25. The molecule has 4 heteroatoms. The van der Waals surface area contributed by atoms with E-state index in [4.69, 9.17) is 0 Å². The summed E-state index contributed by atoms with van der Waals surface area (Å²) in [5.41, 5.74) is 6.26. The maximum absolute atomic E-state index is 13.1. The lowest BCUT2D eigenvalue weighted by atomic mass is 10.00. The van der Waals surface area contributed by atoms with Gasteiger partial charge in [-0.25, -0.2) is 0 Å². The summed E-state index contributed by atoms with van der Waals surface area (Å²) in [5.74, 6) is 0.443. The number of hydrogen-bond acceptors (Lipinski definition) is 2. The number of carbonyl (C=O) groups excluding carboxylic acids is 1. The monoisotopic (exact) mass is 319 g/mol. The van der Waals surface area contributed by atoms with Crippen molar-refractivity contribution in [1.29, 1.82) is 0 Å². The molecule has 0 radical (unpaired) electrons. The van der Waals surface area contributed by atoms with Crippen molar-refractivity contribution in [3.63, 3.8) is 0 Å². The van der Waals surface area contributed by atoms with Gasteiger partial charge in [-0.2, -0.15) is 5.10 Å². The van der Waals surface area contributed by atoms with Gasteiger partial charge in [0.05, 0.1) is 5.52 Å². The third-order valence-electron chi connectivity index (χ3n) is 4.87. The maximum atomic E-state index is 13.1. The first-order valence-corrected chi connectivity index (χ1v) is 8.39. The third kappa shape index (κ3) is 2.30. The fourth-order valence-electron chi connectivity index (χ4n) is 3.50. The molecule has 4 nitrogen and oxygen atoms in total. The van der Waals surface area contributed by atoms with Gasteiger partial charge in [0, 0.05) is 29.7 Å². The molecule has 1 aliphatic rings. The van der Waals surface area contributed by atoms with Crippen molar-refractivity contribution in [3.05, 3.63) is 64.3 Å². The summed E-state index contributed by atoms with van der Waals surface area (Å²) >= 11 is 0. The van der Waals surface area contributed by atoms with Crippen LogP contribution in [0.15, 0.2) is 36.4 Å². The molecular weight excluding hydrogens is 298 g/mol. The molecule has 0 aliphatic carbocycles. The molecule has 24 heavy (non-hydrogen) atoms. The standard InChI is InChI=1S/C20H21N3O/c1-12(2)19-17-9-16(13(3)8-18(17)21-22-19)20(24)23-10-14-6-4-5-7-15(14)11-23/h4-9,12H,10-11H2,1-3H3,(H,21,22). The Bertz CT molecular complexity index is 914. The number of fused-ring (bicyclic) bond motifs is 2. The molecule has 2 aromatic carbocycles. The predicted molar refractivity (Wildman–Crippen MR) is 94.9 cm³/mol. The van der Waals surface area contributed by atoms with E-state index in [-0.39, 0.29) is 5.91 Å². The highest BCUT2D eigenvalue weighted by Crippen LogP contribution is 2.29. The molecule has 0 fully saturated rings. The van der Waals surface area contributed by atoms with Crippen LogP contribution in [0.5, 0.6) is 0 Å². The minimum absolute atomic E-state index is 0.0986. The van der Waals surface area contributed by atoms with E-state index in [1.165, 1.54) is 11.1 Å².